The minimum atomic E-state index is -3.21. The molecule has 0 heterocycles. The number of halogens is 12. The fourth-order valence-electron chi connectivity index (χ4n) is 12.7. The molecule has 15 aromatic carbocycles. The second-order valence-electron chi connectivity index (χ2n) is 26.3. The predicted octanol–water partition coefficient (Wildman–Crippen LogP) is 25.7. The van der Waals surface area contributed by atoms with E-state index in [1.807, 2.05) is 133 Å². The highest BCUT2D eigenvalue weighted by molar-refractivity contribution is 7.98. The topological polar surface area (TPSA) is 68.3 Å². The molecule has 0 unspecified atom stereocenters. The lowest BCUT2D eigenvalue weighted by Gasteiger charge is -2.12. The van der Waals surface area contributed by atoms with Gasteiger partial charge in [0.25, 0.3) is 0 Å². The number of hydrogen-bond acceptors (Lipinski definition) is 4. The van der Waals surface area contributed by atoms with Gasteiger partial charge in [0, 0.05) is 79.1 Å². The summed E-state index contributed by atoms with van der Waals surface area (Å²) in [5.41, 5.74) is 0. The van der Waals surface area contributed by atoms with Gasteiger partial charge in [-0.2, -0.15) is 0 Å². The summed E-state index contributed by atoms with van der Waals surface area (Å²) in [4.78, 5) is 10.8. The minimum absolute atomic E-state index is 0.156. The van der Waals surface area contributed by atoms with Gasteiger partial charge < -0.3 is 0 Å². The molecule has 15 aromatic rings. The summed E-state index contributed by atoms with van der Waals surface area (Å²) in [7, 11) is -10.3. The van der Waals surface area contributed by atoms with Crippen LogP contribution in [0.5, 0.6) is 0 Å². The fraction of sp³-hybridized carbons (Fsp3) is 0.0625. The van der Waals surface area contributed by atoms with Crippen molar-refractivity contribution in [2.24, 2.45) is 0 Å². The third-order valence-corrected chi connectivity index (χ3v) is 32.9. The van der Waals surface area contributed by atoms with E-state index in [9.17, 15) is 69.5 Å². The normalized spacial score (nSPS) is 12.1. The van der Waals surface area contributed by atoms with Gasteiger partial charge in [-0.3, -0.25) is 0 Å². The van der Waals surface area contributed by atoms with Crippen LogP contribution in [0.15, 0.2) is 453 Å². The highest BCUT2D eigenvalue weighted by Crippen LogP contribution is 2.41. The Balaban J connectivity index is 0.000000137. The molecule has 602 valence electrons. The van der Waals surface area contributed by atoms with Crippen LogP contribution in [-0.2, 0) is 74.1 Å². The van der Waals surface area contributed by atoms with E-state index in [1.165, 1.54) is 50.1 Å². The van der Waals surface area contributed by atoms with E-state index in [1.54, 1.807) is 54.6 Å². The van der Waals surface area contributed by atoms with Crippen LogP contribution in [0.2, 0.25) is 0 Å². The van der Waals surface area contributed by atoms with Gasteiger partial charge in [-0.15, -0.1) is 0 Å². The second kappa shape index (κ2) is 41.2. The molecule has 0 saturated heterocycles. The molecular formula is C96H73F12O4S7+5. The van der Waals surface area contributed by atoms with Gasteiger partial charge in [-0.05, 0) is 183 Å². The molecule has 119 heavy (non-hydrogen) atoms. The van der Waals surface area contributed by atoms with Crippen molar-refractivity contribution in [3.05, 3.63) is 440 Å². The molecule has 0 aromatic heterocycles. The summed E-state index contributed by atoms with van der Waals surface area (Å²) in [5, 5.41) is -0.204. The molecule has 1 saturated carbocycles. The molecule has 1 fully saturated rings. The lowest BCUT2D eigenvalue weighted by Crippen LogP contribution is -2.17. The predicted molar refractivity (Wildman–Crippen MR) is 449 cm³/mol. The van der Waals surface area contributed by atoms with E-state index in [-0.39, 0.29) is 51.5 Å². The number of hydrogen-bond donors (Lipinski definition) is 0. The highest BCUT2D eigenvalue weighted by Gasteiger charge is 2.40. The molecule has 0 spiro atoms. The van der Waals surface area contributed by atoms with Gasteiger partial charge in [0.2, 0.25) is 29.4 Å². The van der Waals surface area contributed by atoms with Crippen molar-refractivity contribution in [3.8, 4) is 0 Å². The van der Waals surface area contributed by atoms with Crippen LogP contribution < -0.4 is 0 Å². The van der Waals surface area contributed by atoms with Crippen LogP contribution >= 0.6 is 0 Å². The van der Waals surface area contributed by atoms with Gasteiger partial charge in [0.15, 0.2) is 98.6 Å². The number of sulfone groups is 2. The zero-order chi connectivity index (χ0) is 84.2. The average Bonchev–Trinajstić information content (AvgIpc) is 0.838. The molecule has 0 aliphatic heterocycles. The van der Waals surface area contributed by atoms with Crippen LogP contribution in [0.25, 0.3) is 0 Å². The maximum atomic E-state index is 14.3. The summed E-state index contributed by atoms with van der Waals surface area (Å²) in [6.07, 6.45) is 4.86. The van der Waals surface area contributed by atoms with E-state index in [0.29, 0.717) is 37.8 Å². The molecular weight excluding hydrogens is 1670 g/mol. The molecule has 0 radical (unpaired) electrons. The Kier molecular flexibility index (Phi) is 30.3. The van der Waals surface area contributed by atoms with Crippen LogP contribution in [0.1, 0.15) is 25.7 Å². The van der Waals surface area contributed by atoms with E-state index in [4.69, 9.17) is 0 Å². The Morgan fingerprint density at radius 1 is 0.218 bits per heavy atom. The third kappa shape index (κ3) is 22.7. The van der Waals surface area contributed by atoms with E-state index in [0.717, 1.165) is 112 Å². The van der Waals surface area contributed by atoms with Gasteiger partial charge in [-0.25, -0.2) is 69.5 Å². The lowest BCUT2D eigenvalue weighted by atomic mass is 10.3. The van der Waals surface area contributed by atoms with Crippen molar-refractivity contribution in [2.45, 2.75) is 114 Å². The van der Waals surface area contributed by atoms with Crippen LogP contribution in [0, 0.1) is 69.8 Å². The molecule has 23 heteroatoms. The van der Waals surface area contributed by atoms with Gasteiger partial charge in [0.05, 0.1) is 36.8 Å². The third-order valence-electron chi connectivity index (χ3n) is 18.2. The van der Waals surface area contributed by atoms with Crippen LogP contribution in [-0.4, -0.2) is 28.3 Å². The Morgan fingerprint density at radius 2 is 0.412 bits per heavy atom. The van der Waals surface area contributed by atoms with Crippen molar-refractivity contribution in [2.75, 3.05) is 6.26 Å². The van der Waals surface area contributed by atoms with Crippen molar-refractivity contribution in [1.29, 1.82) is 0 Å². The SMILES string of the molecule is CS(=O)(=O)c1ccc([S+](c2ccccc2)c2ccccc2)cc1.Fc1ccc([S+](c2ccc(F)cc2F)c2ccc(F)cc2F)c(F)c1.Fc1ccc([S+](c2ccccc2)c2ccc(F)cc2F)c(F)c1.Fc1ccc([S+](c2ccccc2)c2ccccc2)c(F)c1.O=S(=O)(c1ccc([S+](c2ccccc2)c2ccccc2)cc1)C1CCCC1. The maximum absolute atomic E-state index is 14.3. The second-order valence-corrected chi connectivity index (χ2v) is 40.5. The zero-order valence-corrected chi connectivity index (χ0v) is 68.9. The zero-order valence-electron chi connectivity index (χ0n) is 63.2. The number of rotatable bonds is 18. The minimum Gasteiger partial charge on any atom is -0.224 e. The molecule has 0 N–H and O–H groups in total. The fourth-order valence-corrected chi connectivity index (χ4v) is 25.6. The molecule has 1 aliphatic carbocycles. The first-order valence-electron chi connectivity index (χ1n) is 36.8. The molecule has 1 aliphatic rings. The summed E-state index contributed by atoms with van der Waals surface area (Å²) < 4.78 is 214. The summed E-state index contributed by atoms with van der Waals surface area (Å²) in [6, 6.07) is 102. The standard InChI is InChI=1S/C23H23O2S2.C19H17O2S2.C18H9F6S.C18H11F4S.C18H13F2S/c24-27(25,22-13-7-8-14-22)23-17-15-21(16-18-23)26(19-9-3-1-4-10-19)20-11-5-2-6-12-20;1-23(20,21)19-14-12-18(13-15-19)22(16-8-4-2-5-9-16)17-10-6-3-7-11-17;19-10-1-4-16(13(22)7-10)25(17-5-2-11(20)8-14(17)23)18-6-3-12(21)9-15(18)24;19-12-6-8-17(15(21)10-12)23(14-4-2-1-3-5-14)18-9-7-13(20)11-16(18)22;19-14-11-12-18(17(20)13-14)21(15-7-3-1-4-8-15)16-9-5-2-6-10-16/h1-6,9-12,15-18,22H,7-8,13-14H2;2-15H,1H3;1-9H;1-11H;1-13H/q5*+1. The van der Waals surface area contributed by atoms with Gasteiger partial charge in [-0.1, -0.05) is 140 Å². The Bertz CT molecular complexity index is 5810. The van der Waals surface area contributed by atoms with Crippen LogP contribution in [0.4, 0.5) is 52.7 Å². The summed E-state index contributed by atoms with van der Waals surface area (Å²) in [6.45, 7) is 0. The lowest BCUT2D eigenvalue weighted by molar-refractivity contribution is 0.554. The van der Waals surface area contributed by atoms with Crippen LogP contribution in [0.3, 0.4) is 0 Å². The first kappa shape index (κ1) is 87.4. The monoisotopic (exact) mass is 1740 g/mol. The Labute approximate surface area is 698 Å². The number of benzene rings is 15. The molecule has 0 bridgehead atoms. The van der Waals surface area contributed by atoms with E-state index >= 15 is 0 Å². The first-order valence-corrected chi connectivity index (χ1v) is 46.4. The highest BCUT2D eigenvalue weighted by atomic mass is 32.2. The first-order chi connectivity index (χ1) is 57.4. The van der Waals surface area contributed by atoms with Crippen molar-refractivity contribution in [3.63, 3.8) is 0 Å². The van der Waals surface area contributed by atoms with E-state index in [2.05, 4.69) is 72.8 Å². The molecule has 4 nitrogen and oxygen atoms in total. The van der Waals surface area contributed by atoms with E-state index < -0.39 is 122 Å². The van der Waals surface area contributed by atoms with Crippen molar-refractivity contribution >= 4 is 74.1 Å². The Morgan fingerprint density at radius 3 is 0.639 bits per heavy atom. The average molecular weight is 1740 g/mol. The Hall–Kier alpha value is -10.9. The largest absolute Gasteiger partial charge is 0.224 e. The summed E-state index contributed by atoms with van der Waals surface area (Å²) in [5.74, 6) is -9.63. The van der Waals surface area contributed by atoms with Crippen molar-refractivity contribution in [1.82, 2.24) is 0 Å². The smallest absolute Gasteiger partial charge is 0.202 e. The van der Waals surface area contributed by atoms with Gasteiger partial charge in [0.1, 0.15) is 67.6 Å². The van der Waals surface area contributed by atoms with Gasteiger partial charge >= 0.3 is 0 Å². The molecule has 16 rings (SSSR count). The quantitative estimate of drug-likeness (QED) is 0.0634. The summed E-state index contributed by atoms with van der Waals surface area (Å²) >= 11 is 0. The molecule has 0 amide bonds. The molecule has 0 atom stereocenters. The van der Waals surface area contributed by atoms with Crippen molar-refractivity contribution < 1.29 is 69.5 Å². The maximum Gasteiger partial charge on any atom is 0.202 e.